The molecule has 0 radical (unpaired) electrons. The van der Waals surface area contributed by atoms with Crippen LogP contribution in [0.4, 0.5) is 5.69 Å². The fraction of sp³-hybridized carbons (Fsp3) is 0.238. The lowest BCUT2D eigenvalue weighted by atomic mass is 10.1. The van der Waals surface area contributed by atoms with Crippen molar-refractivity contribution in [2.75, 3.05) is 5.32 Å². The van der Waals surface area contributed by atoms with Gasteiger partial charge in [-0.05, 0) is 37.1 Å². The van der Waals surface area contributed by atoms with E-state index in [1.807, 2.05) is 56.3 Å². The number of nitrogens with one attached hydrogen (secondary N) is 1. The maximum atomic E-state index is 12.3. The topological polar surface area (TPSA) is 94.1 Å². The first-order valence-electron chi connectivity index (χ1n) is 9.24. The molecular weight excluding hydrogens is 388 g/mol. The van der Waals surface area contributed by atoms with E-state index in [-0.39, 0.29) is 12.3 Å². The fourth-order valence-electron chi connectivity index (χ4n) is 2.92. The van der Waals surface area contributed by atoms with E-state index in [4.69, 9.17) is 8.94 Å². The number of para-hydroxylation sites is 3. The quantitative estimate of drug-likeness (QED) is 0.443. The first-order valence-corrected chi connectivity index (χ1v) is 10.2. The van der Waals surface area contributed by atoms with Gasteiger partial charge >= 0.3 is 0 Å². The van der Waals surface area contributed by atoms with Crippen molar-refractivity contribution in [2.45, 2.75) is 37.7 Å². The van der Waals surface area contributed by atoms with Gasteiger partial charge in [-0.15, -0.1) is 0 Å². The van der Waals surface area contributed by atoms with Crippen LogP contribution in [0.5, 0.6) is 0 Å². The van der Waals surface area contributed by atoms with Gasteiger partial charge in [-0.3, -0.25) is 4.79 Å². The standard InChI is InChI=1S/C21H20N4O3S/c1-13-6-5-7-14(2)20(13)24-18(26)10-11-19-23-17(25-28-19)12-29-21-22-15-8-3-4-9-16(15)27-21/h3-9H,10-12H2,1-2H3,(H,24,26). The first-order chi connectivity index (χ1) is 14.1. The number of thioether (sulfide) groups is 1. The molecule has 0 aliphatic heterocycles. The molecule has 0 spiro atoms. The number of rotatable bonds is 7. The van der Waals surface area contributed by atoms with Gasteiger partial charge in [0.05, 0.1) is 5.75 Å². The number of carbonyl (C=O) groups excluding carboxylic acids is 1. The Bertz CT molecular complexity index is 1100. The third kappa shape index (κ3) is 4.65. The van der Waals surface area contributed by atoms with Crippen LogP contribution in [0.1, 0.15) is 29.3 Å². The zero-order valence-electron chi connectivity index (χ0n) is 16.1. The maximum Gasteiger partial charge on any atom is 0.257 e. The highest BCUT2D eigenvalue weighted by Gasteiger charge is 2.13. The van der Waals surface area contributed by atoms with E-state index >= 15 is 0 Å². The second-order valence-corrected chi connectivity index (χ2v) is 7.58. The van der Waals surface area contributed by atoms with E-state index in [0.717, 1.165) is 27.9 Å². The number of fused-ring (bicyclic) bond motifs is 1. The van der Waals surface area contributed by atoms with Crippen LogP contribution < -0.4 is 5.32 Å². The zero-order valence-corrected chi connectivity index (χ0v) is 17.0. The van der Waals surface area contributed by atoms with Crippen molar-refractivity contribution < 1.29 is 13.7 Å². The molecule has 1 amide bonds. The van der Waals surface area contributed by atoms with Crippen molar-refractivity contribution in [3.8, 4) is 0 Å². The number of aryl methyl sites for hydroxylation is 3. The summed E-state index contributed by atoms with van der Waals surface area (Å²) in [5, 5.41) is 7.49. The van der Waals surface area contributed by atoms with Gasteiger partial charge in [-0.1, -0.05) is 47.3 Å². The van der Waals surface area contributed by atoms with Crippen molar-refractivity contribution >= 4 is 34.5 Å². The fourth-order valence-corrected chi connectivity index (χ4v) is 3.60. The summed E-state index contributed by atoms with van der Waals surface area (Å²) >= 11 is 1.40. The first kappa shape index (κ1) is 19.2. The molecule has 4 rings (SSSR count). The molecule has 2 aromatic carbocycles. The number of oxazole rings is 1. The summed E-state index contributed by atoms with van der Waals surface area (Å²) in [5.74, 6) is 1.38. The van der Waals surface area contributed by atoms with Gasteiger partial charge in [-0.25, -0.2) is 4.98 Å². The van der Waals surface area contributed by atoms with Crippen LogP contribution in [0.3, 0.4) is 0 Å². The summed E-state index contributed by atoms with van der Waals surface area (Å²) in [6.07, 6.45) is 0.658. The van der Waals surface area contributed by atoms with Gasteiger partial charge in [0, 0.05) is 18.5 Å². The summed E-state index contributed by atoms with van der Waals surface area (Å²) < 4.78 is 10.9. The highest BCUT2D eigenvalue weighted by Crippen LogP contribution is 2.25. The Balaban J connectivity index is 1.29. The Kier molecular flexibility index (Phi) is 5.62. The van der Waals surface area contributed by atoms with Crippen LogP contribution in [0, 0.1) is 13.8 Å². The van der Waals surface area contributed by atoms with Gasteiger partial charge in [0.15, 0.2) is 11.4 Å². The maximum absolute atomic E-state index is 12.3. The number of benzene rings is 2. The summed E-state index contributed by atoms with van der Waals surface area (Å²) in [5.41, 5.74) is 4.50. The number of nitrogens with zero attached hydrogens (tertiary/aromatic N) is 3. The SMILES string of the molecule is Cc1cccc(C)c1NC(=O)CCc1nc(CSc2nc3ccccc3o2)no1. The number of anilines is 1. The lowest BCUT2D eigenvalue weighted by Crippen LogP contribution is -2.14. The lowest BCUT2D eigenvalue weighted by Gasteiger charge is -2.10. The number of hydrogen-bond acceptors (Lipinski definition) is 7. The summed E-state index contributed by atoms with van der Waals surface area (Å²) in [7, 11) is 0. The summed E-state index contributed by atoms with van der Waals surface area (Å²) in [6, 6.07) is 13.5. The molecule has 0 saturated heterocycles. The molecule has 2 heterocycles. The van der Waals surface area contributed by atoms with Gasteiger partial charge in [0.2, 0.25) is 11.8 Å². The second kappa shape index (κ2) is 8.48. The minimum atomic E-state index is -0.0806. The molecule has 7 nitrogen and oxygen atoms in total. The van der Waals surface area contributed by atoms with E-state index in [1.165, 1.54) is 11.8 Å². The van der Waals surface area contributed by atoms with Crippen molar-refractivity contribution in [1.29, 1.82) is 0 Å². The molecule has 0 aliphatic carbocycles. The van der Waals surface area contributed by atoms with E-state index in [0.29, 0.717) is 29.1 Å². The minimum absolute atomic E-state index is 0.0806. The van der Waals surface area contributed by atoms with Crippen LogP contribution in [-0.2, 0) is 17.0 Å². The van der Waals surface area contributed by atoms with Crippen molar-refractivity contribution in [1.82, 2.24) is 15.1 Å². The van der Waals surface area contributed by atoms with E-state index in [9.17, 15) is 4.79 Å². The average Bonchev–Trinajstić information content (AvgIpc) is 3.34. The zero-order chi connectivity index (χ0) is 20.2. The average molecular weight is 408 g/mol. The second-order valence-electron chi connectivity index (χ2n) is 6.66. The summed E-state index contributed by atoms with van der Waals surface area (Å²) in [6.45, 7) is 3.95. The minimum Gasteiger partial charge on any atom is -0.431 e. The Labute approximate surface area is 171 Å². The number of hydrogen-bond donors (Lipinski definition) is 1. The molecular formula is C21H20N4O3S. The Morgan fingerprint density at radius 2 is 1.86 bits per heavy atom. The van der Waals surface area contributed by atoms with Crippen molar-refractivity contribution in [2.24, 2.45) is 0 Å². The Hall–Kier alpha value is -3.13. The Morgan fingerprint density at radius 3 is 2.66 bits per heavy atom. The van der Waals surface area contributed by atoms with E-state index in [1.54, 1.807) is 0 Å². The number of carbonyl (C=O) groups is 1. The van der Waals surface area contributed by atoms with Crippen LogP contribution in [0.25, 0.3) is 11.1 Å². The van der Waals surface area contributed by atoms with Crippen LogP contribution in [-0.4, -0.2) is 21.0 Å². The molecule has 0 atom stereocenters. The molecule has 1 N–H and O–H groups in total. The smallest absolute Gasteiger partial charge is 0.257 e. The molecule has 8 heteroatoms. The largest absolute Gasteiger partial charge is 0.431 e. The third-order valence-corrected chi connectivity index (χ3v) is 5.24. The van der Waals surface area contributed by atoms with Gasteiger partial charge in [0.25, 0.3) is 5.22 Å². The number of aromatic nitrogens is 3. The van der Waals surface area contributed by atoms with Crippen LogP contribution in [0.2, 0.25) is 0 Å². The molecule has 29 heavy (non-hydrogen) atoms. The highest BCUT2D eigenvalue weighted by atomic mass is 32.2. The third-order valence-electron chi connectivity index (χ3n) is 4.42. The van der Waals surface area contributed by atoms with Crippen molar-refractivity contribution in [3.05, 3.63) is 65.3 Å². The van der Waals surface area contributed by atoms with E-state index < -0.39 is 0 Å². The van der Waals surface area contributed by atoms with Gasteiger partial charge in [-0.2, -0.15) is 4.98 Å². The molecule has 148 valence electrons. The van der Waals surface area contributed by atoms with Crippen molar-refractivity contribution in [3.63, 3.8) is 0 Å². The molecule has 0 fully saturated rings. The predicted octanol–water partition coefficient (Wildman–Crippen LogP) is 4.69. The molecule has 0 saturated carbocycles. The highest BCUT2D eigenvalue weighted by molar-refractivity contribution is 7.98. The predicted molar refractivity (Wildman–Crippen MR) is 111 cm³/mol. The normalized spacial score (nSPS) is 11.1. The summed E-state index contributed by atoms with van der Waals surface area (Å²) in [4.78, 5) is 21.0. The van der Waals surface area contributed by atoms with Crippen LogP contribution >= 0.6 is 11.8 Å². The van der Waals surface area contributed by atoms with Gasteiger partial charge in [0.1, 0.15) is 5.52 Å². The van der Waals surface area contributed by atoms with Gasteiger partial charge < -0.3 is 14.3 Å². The molecule has 0 bridgehead atoms. The molecule has 4 aromatic rings. The monoisotopic (exact) mass is 408 g/mol. The molecule has 0 aliphatic rings. The Morgan fingerprint density at radius 1 is 1.07 bits per heavy atom. The molecule has 0 unspecified atom stereocenters. The van der Waals surface area contributed by atoms with Crippen LogP contribution in [0.15, 0.2) is 56.6 Å². The molecule has 2 aromatic heterocycles. The van der Waals surface area contributed by atoms with E-state index in [2.05, 4.69) is 20.4 Å². The number of amides is 1. The lowest BCUT2D eigenvalue weighted by molar-refractivity contribution is -0.116.